The summed E-state index contributed by atoms with van der Waals surface area (Å²) in [6, 6.07) is 0. The standard InChI is InChI=1S/C14H28O/c1-10(2)9-13-7-6-8-14(15-13)12(5)11(3)4/h10-14H,6-9H2,1-5H3. The first kappa shape index (κ1) is 13.0. The Hall–Kier alpha value is -0.0400. The monoisotopic (exact) mass is 212 g/mol. The summed E-state index contributed by atoms with van der Waals surface area (Å²) in [5.74, 6) is 2.22. The first-order chi connectivity index (χ1) is 7.00. The lowest BCUT2D eigenvalue weighted by atomic mass is 9.86. The average Bonchev–Trinajstić information content (AvgIpc) is 2.16. The third-order valence-electron chi connectivity index (χ3n) is 3.75. The van der Waals surface area contributed by atoms with Crippen molar-refractivity contribution in [3.05, 3.63) is 0 Å². The molecular formula is C14H28O. The molecule has 0 bridgehead atoms. The normalized spacial score (nSPS) is 29.8. The Kier molecular flexibility index (Phi) is 5.11. The van der Waals surface area contributed by atoms with Gasteiger partial charge in [0.2, 0.25) is 0 Å². The summed E-state index contributed by atoms with van der Waals surface area (Å²) in [7, 11) is 0. The van der Waals surface area contributed by atoms with Crippen LogP contribution in [0.2, 0.25) is 0 Å². The minimum absolute atomic E-state index is 0.516. The maximum Gasteiger partial charge on any atom is 0.0606 e. The molecule has 1 heterocycles. The molecule has 0 aliphatic carbocycles. The van der Waals surface area contributed by atoms with Crippen LogP contribution in [-0.4, -0.2) is 12.2 Å². The van der Waals surface area contributed by atoms with Crippen LogP contribution in [-0.2, 0) is 4.74 Å². The summed E-state index contributed by atoms with van der Waals surface area (Å²) in [5, 5.41) is 0. The second-order valence-electron chi connectivity index (χ2n) is 5.96. The first-order valence-electron chi connectivity index (χ1n) is 6.66. The van der Waals surface area contributed by atoms with Crippen LogP contribution in [0.5, 0.6) is 0 Å². The Morgan fingerprint density at radius 1 is 1.07 bits per heavy atom. The van der Waals surface area contributed by atoms with Gasteiger partial charge in [0.15, 0.2) is 0 Å². The van der Waals surface area contributed by atoms with E-state index in [4.69, 9.17) is 4.74 Å². The van der Waals surface area contributed by atoms with E-state index in [1.807, 2.05) is 0 Å². The zero-order valence-corrected chi connectivity index (χ0v) is 11.1. The molecule has 0 aromatic rings. The minimum Gasteiger partial charge on any atom is -0.375 e. The van der Waals surface area contributed by atoms with Gasteiger partial charge in [-0.3, -0.25) is 0 Å². The lowest BCUT2D eigenvalue weighted by molar-refractivity contribution is -0.0886. The lowest BCUT2D eigenvalue weighted by Gasteiger charge is -2.36. The van der Waals surface area contributed by atoms with E-state index in [0.717, 1.165) is 11.8 Å². The second kappa shape index (κ2) is 5.89. The second-order valence-corrected chi connectivity index (χ2v) is 5.96. The lowest BCUT2D eigenvalue weighted by Crippen LogP contribution is -2.34. The molecule has 0 saturated carbocycles. The van der Waals surface area contributed by atoms with Crippen molar-refractivity contribution in [2.45, 2.75) is 72.5 Å². The fourth-order valence-electron chi connectivity index (χ4n) is 2.45. The van der Waals surface area contributed by atoms with Crippen LogP contribution >= 0.6 is 0 Å². The van der Waals surface area contributed by atoms with Gasteiger partial charge in [0, 0.05) is 0 Å². The van der Waals surface area contributed by atoms with E-state index >= 15 is 0 Å². The number of hydrogen-bond donors (Lipinski definition) is 0. The van der Waals surface area contributed by atoms with Crippen LogP contribution in [0.3, 0.4) is 0 Å². The topological polar surface area (TPSA) is 9.23 Å². The Balaban J connectivity index is 2.41. The quantitative estimate of drug-likeness (QED) is 0.676. The molecule has 90 valence electrons. The highest BCUT2D eigenvalue weighted by atomic mass is 16.5. The Bertz CT molecular complexity index is 174. The first-order valence-corrected chi connectivity index (χ1v) is 6.66. The molecule has 0 radical (unpaired) electrons. The van der Waals surface area contributed by atoms with Gasteiger partial charge < -0.3 is 4.74 Å². The van der Waals surface area contributed by atoms with Crippen molar-refractivity contribution in [3.63, 3.8) is 0 Å². The Morgan fingerprint density at radius 2 is 1.73 bits per heavy atom. The predicted octanol–water partition coefficient (Wildman–Crippen LogP) is 4.26. The van der Waals surface area contributed by atoms with E-state index in [-0.39, 0.29) is 0 Å². The molecule has 1 heteroatoms. The fraction of sp³-hybridized carbons (Fsp3) is 1.00. The maximum atomic E-state index is 6.22. The van der Waals surface area contributed by atoms with Crippen LogP contribution < -0.4 is 0 Å². The molecule has 3 atom stereocenters. The van der Waals surface area contributed by atoms with Crippen molar-refractivity contribution < 1.29 is 4.74 Å². The molecule has 0 aromatic heterocycles. The molecule has 15 heavy (non-hydrogen) atoms. The Labute approximate surface area is 95.6 Å². The van der Waals surface area contributed by atoms with Gasteiger partial charge in [-0.25, -0.2) is 0 Å². The van der Waals surface area contributed by atoms with Crippen LogP contribution in [0.4, 0.5) is 0 Å². The van der Waals surface area contributed by atoms with Crippen molar-refractivity contribution in [3.8, 4) is 0 Å². The van der Waals surface area contributed by atoms with E-state index in [0.29, 0.717) is 18.1 Å². The molecular weight excluding hydrogens is 184 g/mol. The minimum atomic E-state index is 0.516. The third kappa shape index (κ3) is 4.14. The molecule has 1 saturated heterocycles. The number of rotatable bonds is 4. The van der Waals surface area contributed by atoms with Crippen LogP contribution in [0.15, 0.2) is 0 Å². The van der Waals surface area contributed by atoms with Crippen molar-refractivity contribution in [1.82, 2.24) is 0 Å². The summed E-state index contributed by atoms with van der Waals surface area (Å²) in [5.41, 5.74) is 0. The third-order valence-corrected chi connectivity index (χ3v) is 3.75. The van der Waals surface area contributed by atoms with Crippen molar-refractivity contribution in [1.29, 1.82) is 0 Å². The average molecular weight is 212 g/mol. The highest BCUT2D eigenvalue weighted by Crippen LogP contribution is 2.30. The van der Waals surface area contributed by atoms with Crippen LogP contribution in [0, 0.1) is 17.8 Å². The molecule has 1 aliphatic heterocycles. The van der Waals surface area contributed by atoms with Gasteiger partial charge in [0.05, 0.1) is 12.2 Å². The summed E-state index contributed by atoms with van der Waals surface area (Å²) in [6.07, 6.45) is 6.20. The fourth-order valence-corrected chi connectivity index (χ4v) is 2.45. The summed E-state index contributed by atoms with van der Waals surface area (Å²) < 4.78 is 6.22. The number of ether oxygens (including phenoxy) is 1. The molecule has 3 unspecified atom stereocenters. The zero-order valence-electron chi connectivity index (χ0n) is 11.1. The molecule has 1 aliphatic rings. The predicted molar refractivity (Wildman–Crippen MR) is 66.0 cm³/mol. The van der Waals surface area contributed by atoms with Crippen molar-refractivity contribution in [2.75, 3.05) is 0 Å². The van der Waals surface area contributed by atoms with E-state index in [1.54, 1.807) is 0 Å². The highest BCUT2D eigenvalue weighted by Gasteiger charge is 2.28. The summed E-state index contributed by atoms with van der Waals surface area (Å²) >= 11 is 0. The van der Waals surface area contributed by atoms with Gasteiger partial charge in [0.25, 0.3) is 0 Å². The molecule has 1 nitrogen and oxygen atoms in total. The number of hydrogen-bond acceptors (Lipinski definition) is 1. The Morgan fingerprint density at radius 3 is 2.27 bits per heavy atom. The van der Waals surface area contributed by atoms with Crippen LogP contribution in [0.1, 0.15) is 60.3 Å². The van der Waals surface area contributed by atoms with E-state index < -0.39 is 0 Å². The highest BCUT2D eigenvalue weighted by molar-refractivity contribution is 4.77. The van der Waals surface area contributed by atoms with Gasteiger partial charge in [0.1, 0.15) is 0 Å². The van der Waals surface area contributed by atoms with Gasteiger partial charge in [-0.1, -0.05) is 34.6 Å². The van der Waals surface area contributed by atoms with E-state index in [1.165, 1.54) is 25.7 Å². The molecule has 0 N–H and O–H groups in total. The SMILES string of the molecule is CC(C)CC1CCCC(C(C)C(C)C)O1. The van der Waals surface area contributed by atoms with E-state index in [2.05, 4.69) is 34.6 Å². The summed E-state index contributed by atoms with van der Waals surface area (Å²) in [4.78, 5) is 0. The van der Waals surface area contributed by atoms with Gasteiger partial charge >= 0.3 is 0 Å². The van der Waals surface area contributed by atoms with E-state index in [9.17, 15) is 0 Å². The molecule has 1 fully saturated rings. The molecule has 0 spiro atoms. The smallest absolute Gasteiger partial charge is 0.0606 e. The van der Waals surface area contributed by atoms with Gasteiger partial charge in [-0.2, -0.15) is 0 Å². The molecule has 0 aromatic carbocycles. The van der Waals surface area contributed by atoms with Gasteiger partial charge in [-0.05, 0) is 43.4 Å². The van der Waals surface area contributed by atoms with Crippen molar-refractivity contribution >= 4 is 0 Å². The molecule has 1 rings (SSSR count). The maximum absolute atomic E-state index is 6.22. The largest absolute Gasteiger partial charge is 0.375 e. The summed E-state index contributed by atoms with van der Waals surface area (Å²) in [6.45, 7) is 11.5. The van der Waals surface area contributed by atoms with Crippen molar-refractivity contribution in [2.24, 2.45) is 17.8 Å². The zero-order chi connectivity index (χ0) is 11.4. The van der Waals surface area contributed by atoms with Gasteiger partial charge in [-0.15, -0.1) is 0 Å². The van der Waals surface area contributed by atoms with Crippen LogP contribution in [0.25, 0.3) is 0 Å². The molecule has 0 amide bonds.